The topological polar surface area (TPSA) is 446 Å². The molecule has 7 rings (SSSR count). The number of hydrogen-bond acceptors (Lipinski definition) is 27. The van der Waals surface area contributed by atoms with E-state index in [4.69, 9.17) is 37.9 Å². The van der Waals surface area contributed by atoms with Crippen LogP contribution in [0.25, 0.3) is 0 Å². The Labute approximate surface area is 611 Å². The summed E-state index contributed by atoms with van der Waals surface area (Å²) >= 11 is 0. The van der Waals surface area contributed by atoms with Crippen molar-refractivity contribution in [3.8, 4) is 0 Å². The Morgan fingerprint density at radius 1 is 0.654 bits per heavy atom. The van der Waals surface area contributed by atoms with Gasteiger partial charge in [-0.15, -0.1) is 0 Å². The van der Waals surface area contributed by atoms with Crippen molar-refractivity contribution in [3.05, 3.63) is 58.7 Å². The maximum absolute atomic E-state index is 13.9. The van der Waals surface area contributed by atoms with Crippen LogP contribution in [0.15, 0.2) is 42.0 Å². The Kier molecular flexibility index (Phi) is 32.2. The molecule has 32 atom stereocenters. The zero-order valence-electron chi connectivity index (χ0n) is 62.6. The minimum absolute atomic E-state index is 0.0502. The molecule has 1 aromatic carbocycles. The normalized spacial score (nSPS) is 40.1. The van der Waals surface area contributed by atoms with Crippen molar-refractivity contribution in [2.45, 2.75) is 351 Å². The first-order chi connectivity index (χ1) is 48.7. The predicted octanol–water partition coefficient (Wildman–Crippen LogP) is 4.34. The number of Topliss-reactive ketones (excluding diaryl/α,β-unsaturated/α-hetero) is 2. The summed E-state index contributed by atoms with van der Waals surface area (Å²) < 4.78 is 49.3. The average Bonchev–Trinajstić information content (AvgIpc) is 1.12. The quantitative estimate of drug-likeness (QED) is 0.0858. The van der Waals surface area contributed by atoms with Crippen LogP contribution in [0.2, 0.25) is 0 Å². The van der Waals surface area contributed by atoms with Gasteiger partial charge in [-0.1, -0.05) is 60.6 Å². The molecule has 2 bridgehead atoms. The van der Waals surface area contributed by atoms with Gasteiger partial charge in [-0.3, -0.25) is 19.2 Å². The van der Waals surface area contributed by atoms with Crippen molar-refractivity contribution in [1.82, 2.24) is 0 Å². The van der Waals surface area contributed by atoms with Crippen LogP contribution >= 0.6 is 0 Å². The van der Waals surface area contributed by atoms with Gasteiger partial charge in [0.15, 0.2) is 24.1 Å². The van der Waals surface area contributed by atoms with E-state index in [1.165, 1.54) is 37.3 Å². The third-order valence-corrected chi connectivity index (χ3v) is 22.7. The van der Waals surface area contributed by atoms with Crippen molar-refractivity contribution in [1.29, 1.82) is 0 Å². The summed E-state index contributed by atoms with van der Waals surface area (Å²) in [5.41, 5.74) is -0.572. The Hall–Kier alpha value is -4.15. The van der Waals surface area contributed by atoms with Gasteiger partial charge in [-0.2, -0.15) is 0 Å². The molecule has 6 aliphatic rings. The molecule has 592 valence electrons. The van der Waals surface area contributed by atoms with Crippen molar-refractivity contribution >= 4 is 29.3 Å². The van der Waals surface area contributed by atoms with Crippen molar-refractivity contribution in [2.24, 2.45) is 41.4 Å². The molecule has 104 heavy (non-hydrogen) atoms. The molecular formula is C77H122O27. The number of aliphatic hydroxyl groups is 14. The number of benzene rings is 1. The summed E-state index contributed by atoms with van der Waals surface area (Å²) in [4.78, 5) is 66.2. The highest BCUT2D eigenvalue weighted by Gasteiger charge is 2.54. The van der Waals surface area contributed by atoms with Crippen LogP contribution in [0.4, 0.5) is 0 Å². The van der Waals surface area contributed by atoms with Crippen LogP contribution in [-0.4, -0.2) is 247 Å². The molecule has 0 unspecified atom stereocenters. The van der Waals surface area contributed by atoms with E-state index in [1.54, 1.807) is 69.2 Å². The first kappa shape index (κ1) is 87.1. The lowest BCUT2D eigenvalue weighted by molar-refractivity contribution is -0.330. The number of epoxide rings is 1. The lowest BCUT2D eigenvalue weighted by atomic mass is 9.77. The summed E-state index contributed by atoms with van der Waals surface area (Å²) in [6, 6.07) is 4.40. The van der Waals surface area contributed by atoms with E-state index in [9.17, 15) is 95.5 Å². The Balaban J connectivity index is 0.945. The fourth-order valence-electron chi connectivity index (χ4n) is 15.8. The van der Waals surface area contributed by atoms with Crippen LogP contribution in [0, 0.1) is 41.4 Å². The minimum Gasteiger partial charge on any atom is -0.459 e. The molecule has 5 aliphatic heterocycles. The smallest absolute Gasteiger partial charge is 0.330 e. The molecule has 14 N–H and O–H groups in total. The van der Waals surface area contributed by atoms with Gasteiger partial charge in [-0.05, 0) is 161 Å². The Bertz CT molecular complexity index is 3010. The molecule has 0 saturated carbocycles. The van der Waals surface area contributed by atoms with Gasteiger partial charge in [0.05, 0.1) is 109 Å². The van der Waals surface area contributed by atoms with Gasteiger partial charge in [0, 0.05) is 71.6 Å². The largest absolute Gasteiger partial charge is 0.459 e. The van der Waals surface area contributed by atoms with E-state index in [0.717, 1.165) is 6.08 Å². The van der Waals surface area contributed by atoms with Crippen molar-refractivity contribution in [2.75, 3.05) is 0 Å². The highest BCUT2D eigenvalue weighted by Crippen LogP contribution is 2.42. The number of allylic oxidation sites excluding steroid dienone is 2. The molecule has 0 aromatic heterocycles. The van der Waals surface area contributed by atoms with E-state index in [2.05, 4.69) is 0 Å². The summed E-state index contributed by atoms with van der Waals surface area (Å²) in [5.74, 6) is -11.4. The van der Waals surface area contributed by atoms with Crippen LogP contribution in [0.3, 0.4) is 0 Å². The van der Waals surface area contributed by atoms with Gasteiger partial charge in [0.25, 0.3) is 0 Å². The monoisotopic (exact) mass is 1480 g/mol. The molecule has 4 fully saturated rings. The van der Waals surface area contributed by atoms with Gasteiger partial charge >= 0.3 is 11.9 Å². The number of hydrogen-bond donors (Lipinski definition) is 14. The lowest BCUT2D eigenvalue weighted by Gasteiger charge is -2.47. The molecule has 0 spiro atoms. The van der Waals surface area contributed by atoms with E-state index >= 15 is 0 Å². The maximum atomic E-state index is 13.9. The summed E-state index contributed by atoms with van der Waals surface area (Å²) in [5, 5.41) is 158. The van der Waals surface area contributed by atoms with Gasteiger partial charge < -0.3 is 109 Å². The minimum atomic E-state index is -2.58. The van der Waals surface area contributed by atoms with E-state index in [0.29, 0.717) is 24.8 Å². The van der Waals surface area contributed by atoms with E-state index in [1.807, 2.05) is 6.92 Å². The fraction of sp³-hybridized carbons (Fsp3) is 0.805. The average molecular weight is 1480 g/mol. The molecule has 0 amide bonds. The highest BCUT2D eigenvalue weighted by molar-refractivity contribution is 6.24. The zero-order chi connectivity index (χ0) is 77.1. The number of aliphatic hydroxyl groups excluding tert-OH is 12. The number of carbonyl (C=O) groups excluding carboxylic acids is 5. The molecular weight excluding hydrogens is 1360 g/mol. The molecule has 1 aromatic rings. The maximum Gasteiger partial charge on any atom is 0.330 e. The van der Waals surface area contributed by atoms with Crippen LogP contribution in [0.1, 0.15) is 231 Å². The summed E-state index contributed by atoms with van der Waals surface area (Å²) in [6.45, 7) is 20.0. The van der Waals surface area contributed by atoms with Crippen LogP contribution in [0.5, 0.6) is 0 Å². The van der Waals surface area contributed by atoms with E-state index < -0.39 is 218 Å². The Morgan fingerprint density at radius 2 is 1.28 bits per heavy atom. The molecule has 5 heterocycles. The number of fused-ring (bicyclic) bond motifs is 4. The number of ether oxygens (including phenoxy) is 8. The number of cyclic esters (lactones) is 1. The van der Waals surface area contributed by atoms with Crippen LogP contribution < -0.4 is 0 Å². The fourth-order valence-corrected chi connectivity index (χ4v) is 15.8. The number of ketones is 3. The first-order valence-corrected chi connectivity index (χ1v) is 37.9. The van der Waals surface area contributed by atoms with Crippen LogP contribution in [-0.2, 0) is 52.3 Å². The molecule has 4 saturated heterocycles. The Morgan fingerprint density at radius 3 is 1.94 bits per heavy atom. The van der Waals surface area contributed by atoms with Crippen molar-refractivity contribution < 1.29 is 133 Å². The summed E-state index contributed by atoms with van der Waals surface area (Å²) in [7, 11) is 0. The van der Waals surface area contributed by atoms with Gasteiger partial charge in [-0.25, -0.2) is 4.79 Å². The number of rotatable bonds is 15. The molecule has 1 aliphatic carbocycles. The second-order valence-corrected chi connectivity index (χ2v) is 31.6. The molecule has 27 nitrogen and oxygen atoms in total. The number of carbonyl (C=O) groups is 5. The highest BCUT2D eigenvalue weighted by atomic mass is 16.7. The number of esters is 2. The molecule has 27 heteroatoms. The zero-order valence-corrected chi connectivity index (χ0v) is 62.6. The second-order valence-electron chi connectivity index (χ2n) is 31.6. The van der Waals surface area contributed by atoms with Crippen molar-refractivity contribution in [3.63, 3.8) is 0 Å². The predicted molar refractivity (Wildman–Crippen MR) is 374 cm³/mol. The second kappa shape index (κ2) is 38.5. The van der Waals surface area contributed by atoms with Gasteiger partial charge in [0.1, 0.15) is 30.5 Å². The first-order valence-electron chi connectivity index (χ1n) is 37.9. The standard InChI is InChI=1S/C77H122O27/c1-13-60(99-64-36-76(12,95)74(46(11)98-64)102-63-27-25-61(45(10)97-63)100-75(94)43(8)69(92)47-22-24-55-56(29-47)59(86)28-39(4)65(55)88)40(5)67(90)41(6)68(91)42(7)70-44(9)71-72(103-71)57(84)19-15-18-49(79)30-51(81)31-52(82)32-54-33-53(83)35-77(96,104-54)73(93)66(89)38(3)20-23-48(78)16-14-17-50(80)34-58(85)37(2)21-26-62(87)101-70/h21-22,24,26,28-29,37-38,40-46,48-54,57-58,60-61,63-64,66-72,74,78-85,89-92,95-96H,13-20,23,25,27,30-36H2,1-12H3/t37-,38+,40-,41+,42-,43+,44-,45+,46-,48+,49+,50+,51+,52+,53-,54+,57-,58+,60-,61-,63-,64-,66-,67-,68-,69-,70-,71-,72+,74+,76+,77+/m0/s1. The SMILES string of the molecule is CC[C@H](O[C@H]1C[C@@](C)(O)[C@H](O[C@H]2CC[C@H](OC(=O)[C@H](C)[C@H](O)c3ccc4c(c3)C(=O)C=C(C)C4=O)[C@@H](C)O2)[C@H](C)O1)[C@H](C)[C@H](O)[C@@H](C)[C@H](O)[C@H](C)[C@@H]1OC(=O)C=C[C@H](C)[C@H](O)C[C@H](O)CCC[C@@H](O)CC[C@@H](C)[C@H](O)C(=O)[C@@]2(O)C[C@@H](O)C[C@@H](C[C@H](O)C[C@H](O)C[C@H](O)CCC[C@H](O)[C@H]3O[C@H]3[C@H]1C)O2. The molecule has 0 radical (unpaired) electrons. The van der Waals surface area contributed by atoms with Gasteiger partial charge in [0.2, 0.25) is 11.6 Å². The summed E-state index contributed by atoms with van der Waals surface area (Å²) in [6.07, 6.45) is -18.3. The van der Waals surface area contributed by atoms with E-state index in [-0.39, 0.29) is 118 Å². The lowest BCUT2D eigenvalue weighted by Crippen LogP contribution is -2.59. The third kappa shape index (κ3) is 23.2. The third-order valence-electron chi connectivity index (χ3n) is 22.7.